The van der Waals surface area contributed by atoms with Gasteiger partial charge in [0.2, 0.25) is 0 Å². The van der Waals surface area contributed by atoms with Gasteiger partial charge in [0.1, 0.15) is 12.1 Å². The van der Waals surface area contributed by atoms with E-state index in [9.17, 15) is 9.59 Å². The Bertz CT molecular complexity index is 1150. The Morgan fingerprint density at radius 3 is 2.62 bits per heavy atom. The minimum absolute atomic E-state index is 0.182. The van der Waals surface area contributed by atoms with E-state index < -0.39 is 5.91 Å². The molecule has 0 aliphatic heterocycles. The molecule has 1 aromatic carbocycles. The van der Waals surface area contributed by atoms with E-state index in [4.69, 9.17) is 0 Å². The van der Waals surface area contributed by atoms with Crippen LogP contribution < -0.4 is 10.9 Å². The number of aromatic nitrogens is 5. The highest BCUT2D eigenvalue weighted by atomic mass is 16.2. The third-order valence-electron chi connectivity index (χ3n) is 3.95. The Kier molecular flexibility index (Phi) is 3.77. The van der Waals surface area contributed by atoms with Crippen molar-refractivity contribution in [1.29, 1.82) is 0 Å². The second-order valence-corrected chi connectivity index (χ2v) is 5.65. The molecule has 1 N–H and O–H groups in total. The van der Waals surface area contributed by atoms with Crippen LogP contribution in [0.2, 0.25) is 0 Å². The number of fused-ring (bicyclic) bond motifs is 1. The second kappa shape index (κ2) is 6.25. The molecule has 8 nitrogen and oxygen atoms in total. The summed E-state index contributed by atoms with van der Waals surface area (Å²) in [5.74, 6) is 0.278. The summed E-state index contributed by atoms with van der Waals surface area (Å²) in [7, 11) is 1.52. The van der Waals surface area contributed by atoms with Gasteiger partial charge >= 0.3 is 0 Å². The van der Waals surface area contributed by atoms with Gasteiger partial charge < -0.3 is 5.32 Å². The van der Waals surface area contributed by atoms with Crippen LogP contribution in [0.4, 0.5) is 5.69 Å². The molecule has 0 aliphatic rings. The highest BCUT2D eigenvalue weighted by Crippen LogP contribution is 2.16. The summed E-state index contributed by atoms with van der Waals surface area (Å²) in [5.41, 5.74) is 0.462. The molecular formula is C18H14N6O2. The van der Waals surface area contributed by atoms with Gasteiger partial charge in [0.05, 0.1) is 17.3 Å². The van der Waals surface area contributed by atoms with Crippen molar-refractivity contribution in [2.75, 3.05) is 5.32 Å². The maximum Gasteiger partial charge on any atom is 0.276 e. The van der Waals surface area contributed by atoms with Crippen molar-refractivity contribution in [2.24, 2.45) is 7.05 Å². The monoisotopic (exact) mass is 346 g/mol. The molecule has 0 atom stereocenters. The van der Waals surface area contributed by atoms with E-state index in [-0.39, 0.29) is 11.3 Å². The molecule has 4 aromatic rings. The standard InChI is InChI=1S/C18H14N6O2/c1-23-18(26)14-5-3-2-4-13(14)16(22-23)17(25)21-12-6-7-15(20-10-12)24-9-8-19-11-24/h2-11H,1H3,(H,21,25). The number of hydrogen-bond donors (Lipinski definition) is 1. The van der Waals surface area contributed by atoms with Gasteiger partial charge in [-0.25, -0.2) is 14.6 Å². The van der Waals surface area contributed by atoms with E-state index >= 15 is 0 Å². The van der Waals surface area contributed by atoms with Crippen LogP contribution in [0, 0.1) is 0 Å². The first-order valence-corrected chi connectivity index (χ1v) is 7.85. The SMILES string of the molecule is Cn1nc(C(=O)Nc2ccc(-n3ccnc3)nc2)c2ccccc2c1=O. The Morgan fingerprint density at radius 2 is 1.92 bits per heavy atom. The van der Waals surface area contributed by atoms with Gasteiger partial charge in [0, 0.05) is 24.8 Å². The lowest BCUT2D eigenvalue weighted by Crippen LogP contribution is -2.25. The van der Waals surface area contributed by atoms with E-state index in [2.05, 4.69) is 20.4 Å². The number of imidazole rings is 1. The van der Waals surface area contributed by atoms with Gasteiger partial charge in [0.25, 0.3) is 11.5 Å². The first-order chi connectivity index (χ1) is 12.6. The zero-order valence-electron chi connectivity index (χ0n) is 13.8. The topological polar surface area (TPSA) is 94.7 Å². The van der Waals surface area contributed by atoms with Crippen molar-refractivity contribution in [3.8, 4) is 5.82 Å². The summed E-state index contributed by atoms with van der Waals surface area (Å²) in [5, 5.41) is 7.84. The lowest BCUT2D eigenvalue weighted by Gasteiger charge is -2.09. The molecule has 1 amide bonds. The molecule has 4 rings (SSSR count). The van der Waals surface area contributed by atoms with Gasteiger partial charge in [-0.3, -0.25) is 14.2 Å². The van der Waals surface area contributed by atoms with Crippen molar-refractivity contribution >= 4 is 22.4 Å². The average molecular weight is 346 g/mol. The summed E-state index contributed by atoms with van der Waals surface area (Å²) in [6.45, 7) is 0. The molecule has 128 valence electrons. The predicted molar refractivity (Wildman–Crippen MR) is 96.3 cm³/mol. The van der Waals surface area contributed by atoms with E-state index in [1.165, 1.54) is 7.05 Å². The summed E-state index contributed by atoms with van der Waals surface area (Å²) in [6.07, 6.45) is 6.63. The van der Waals surface area contributed by atoms with E-state index in [1.807, 2.05) is 0 Å². The fourth-order valence-corrected chi connectivity index (χ4v) is 2.67. The molecule has 26 heavy (non-hydrogen) atoms. The largest absolute Gasteiger partial charge is 0.319 e. The Labute approximate surface area is 147 Å². The van der Waals surface area contributed by atoms with Crippen LogP contribution in [-0.4, -0.2) is 30.2 Å². The van der Waals surface area contributed by atoms with Crippen LogP contribution in [0.25, 0.3) is 16.6 Å². The van der Waals surface area contributed by atoms with Gasteiger partial charge in [-0.15, -0.1) is 0 Å². The number of amides is 1. The maximum atomic E-state index is 12.7. The first kappa shape index (κ1) is 15.7. The summed E-state index contributed by atoms with van der Waals surface area (Å²) in [4.78, 5) is 33.1. The number of benzene rings is 1. The molecule has 8 heteroatoms. The number of anilines is 1. The number of aryl methyl sites for hydroxylation is 1. The van der Waals surface area contributed by atoms with E-state index in [1.54, 1.807) is 65.9 Å². The van der Waals surface area contributed by atoms with Gasteiger partial charge in [0.15, 0.2) is 5.69 Å². The predicted octanol–water partition coefficient (Wildman–Crippen LogP) is 1.77. The number of pyridine rings is 1. The molecule has 0 spiro atoms. The number of nitrogens with one attached hydrogen (secondary N) is 1. The maximum absolute atomic E-state index is 12.7. The quantitative estimate of drug-likeness (QED) is 0.610. The molecule has 0 radical (unpaired) electrons. The van der Waals surface area contributed by atoms with Gasteiger partial charge in [-0.05, 0) is 18.2 Å². The van der Waals surface area contributed by atoms with Crippen LogP contribution in [0.3, 0.4) is 0 Å². The molecular weight excluding hydrogens is 332 g/mol. The van der Waals surface area contributed by atoms with Crippen LogP contribution in [0.1, 0.15) is 10.5 Å². The number of hydrogen-bond acceptors (Lipinski definition) is 5. The van der Waals surface area contributed by atoms with Gasteiger partial charge in [-0.2, -0.15) is 5.10 Å². The Balaban J connectivity index is 1.66. The highest BCUT2D eigenvalue weighted by molar-refractivity contribution is 6.11. The van der Waals surface area contributed by atoms with Crippen LogP contribution in [0.5, 0.6) is 0 Å². The van der Waals surface area contributed by atoms with Gasteiger partial charge in [-0.1, -0.05) is 18.2 Å². The number of carbonyl (C=O) groups excluding carboxylic acids is 1. The smallest absolute Gasteiger partial charge is 0.276 e. The molecule has 0 saturated carbocycles. The summed E-state index contributed by atoms with van der Waals surface area (Å²) >= 11 is 0. The molecule has 3 heterocycles. The van der Waals surface area contributed by atoms with Crippen molar-refractivity contribution in [3.05, 3.63) is 77.4 Å². The molecule has 0 aliphatic carbocycles. The third-order valence-corrected chi connectivity index (χ3v) is 3.95. The zero-order valence-corrected chi connectivity index (χ0v) is 13.8. The zero-order chi connectivity index (χ0) is 18.1. The molecule has 0 saturated heterocycles. The number of nitrogens with zero attached hydrogens (tertiary/aromatic N) is 5. The second-order valence-electron chi connectivity index (χ2n) is 5.65. The Hall–Kier alpha value is -3.81. The van der Waals surface area contributed by atoms with E-state index in [0.717, 1.165) is 4.68 Å². The highest BCUT2D eigenvalue weighted by Gasteiger charge is 2.15. The molecule has 0 unspecified atom stereocenters. The van der Waals surface area contributed by atoms with Crippen LogP contribution in [-0.2, 0) is 7.05 Å². The molecule has 0 bridgehead atoms. The number of carbonyl (C=O) groups is 1. The molecule has 0 fully saturated rings. The fraction of sp³-hybridized carbons (Fsp3) is 0.0556. The summed E-state index contributed by atoms with van der Waals surface area (Å²) < 4.78 is 2.92. The average Bonchev–Trinajstić information content (AvgIpc) is 3.20. The lowest BCUT2D eigenvalue weighted by atomic mass is 10.1. The van der Waals surface area contributed by atoms with Crippen molar-refractivity contribution < 1.29 is 4.79 Å². The fourth-order valence-electron chi connectivity index (χ4n) is 2.67. The summed E-state index contributed by atoms with van der Waals surface area (Å²) in [6, 6.07) is 10.4. The van der Waals surface area contributed by atoms with Crippen LogP contribution in [0.15, 0.2) is 66.1 Å². The Morgan fingerprint density at radius 1 is 1.12 bits per heavy atom. The van der Waals surface area contributed by atoms with Crippen molar-refractivity contribution in [2.45, 2.75) is 0 Å². The first-order valence-electron chi connectivity index (χ1n) is 7.85. The number of rotatable bonds is 3. The van der Waals surface area contributed by atoms with Crippen LogP contribution >= 0.6 is 0 Å². The van der Waals surface area contributed by atoms with Crippen molar-refractivity contribution in [1.82, 2.24) is 24.3 Å². The minimum Gasteiger partial charge on any atom is -0.319 e. The van der Waals surface area contributed by atoms with Crippen molar-refractivity contribution in [3.63, 3.8) is 0 Å². The minimum atomic E-state index is -0.408. The third kappa shape index (κ3) is 2.73. The normalized spacial score (nSPS) is 10.8. The van der Waals surface area contributed by atoms with E-state index in [0.29, 0.717) is 22.3 Å². The molecule has 3 aromatic heterocycles. The lowest BCUT2D eigenvalue weighted by molar-refractivity contribution is 0.102.